The van der Waals surface area contributed by atoms with Gasteiger partial charge in [-0.1, -0.05) is 24.9 Å². The molecule has 2 atom stereocenters. The molecule has 0 radical (unpaired) electrons. The van der Waals surface area contributed by atoms with Gasteiger partial charge in [0.2, 0.25) is 0 Å². The fraction of sp³-hybridized carbons (Fsp3) is 0.500. The number of hydrogen-bond acceptors (Lipinski definition) is 1. The Morgan fingerprint density at radius 3 is 2.80 bits per heavy atom. The molecule has 1 aromatic carbocycles. The lowest BCUT2D eigenvalue weighted by Crippen LogP contribution is -2.21. The highest BCUT2D eigenvalue weighted by molar-refractivity contribution is 9.10. The molecule has 1 aliphatic rings. The van der Waals surface area contributed by atoms with E-state index in [1.807, 2.05) is 18.2 Å². The maximum Gasteiger partial charge on any atom is 0.0549 e. The van der Waals surface area contributed by atoms with E-state index in [1.165, 1.54) is 19.3 Å². The van der Waals surface area contributed by atoms with Crippen LogP contribution in [0.5, 0.6) is 0 Å². The average Bonchev–Trinajstić information content (AvgIpc) is 2.59. The normalized spacial score (nSPS) is 25.5. The molecular formula is C12H15BrClN. The van der Waals surface area contributed by atoms with Crippen molar-refractivity contribution < 1.29 is 0 Å². The van der Waals surface area contributed by atoms with Crippen LogP contribution in [-0.4, -0.2) is 6.04 Å². The number of nitrogens with one attached hydrogen (secondary N) is 1. The van der Waals surface area contributed by atoms with Crippen LogP contribution in [0.25, 0.3) is 0 Å². The minimum atomic E-state index is 0.623. The first-order chi connectivity index (χ1) is 7.16. The average molecular weight is 289 g/mol. The molecule has 0 saturated heterocycles. The summed E-state index contributed by atoms with van der Waals surface area (Å²) < 4.78 is 0.958. The van der Waals surface area contributed by atoms with E-state index in [2.05, 4.69) is 28.2 Å². The third-order valence-corrected chi connectivity index (χ3v) is 4.35. The molecule has 3 heteroatoms. The minimum absolute atomic E-state index is 0.623. The standard InChI is InChI=1S/C12H15BrClN/c1-8-3-2-4-12(8)15-9-5-6-11(14)10(13)7-9/h5-8,12,15H,2-4H2,1H3. The van der Waals surface area contributed by atoms with Gasteiger partial charge in [0, 0.05) is 16.2 Å². The molecular weight excluding hydrogens is 273 g/mol. The lowest BCUT2D eigenvalue weighted by Gasteiger charge is -2.18. The summed E-state index contributed by atoms with van der Waals surface area (Å²) in [6.45, 7) is 2.32. The predicted octanol–water partition coefficient (Wildman–Crippen LogP) is 4.70. The molecule has 0 heterocycles. The molecule has 0 aromatic heterocycles. The van der Waals surface area contributed by atoms with Gasteiger partial charge < -0.3 is 5.32 Å². The second-order valence-electron chi connectivity index (χ2n) is 4.29. The summed E-state index contributed by atoms with van der Waals surface area (Å²) in [6.07, 6.45) is 3.96. The molecule has 1 fully saturated rings. The van der Waals surface area contributed by atoms with E-state index in [9.17, 15) is 0 Å². The first-order valence-corrected chi connectivity index (χ1v) is 6.55. The van der Waals surface area contributed by atoms with E-state index in [0.717, 1.165) is 21.1 Å². The Balaban J connectivity index is 2.07. The highest BCUT2D eigenvalue weighted by Crippen LogP contribution is 2.30. The molecule has 82 valence electrons. The number of anilines is 1. The third-order valence-electron chi connectivity index (χ3n) is 3.13. The van der Waals surface area contributed by atoms with Crippen LogP contribution in [0, 0.1) is 5.92 Å². The molecule has 1 N–H and O–H groups in total. The van der Waals surface area contributed by atoms with Crippen molar-refractivity contribution in [3.63, 3.8) is 0 Å². The van der Waals surface area contributed by atoms with Gasteiger partial charge in [-0.05, 0) is 52.9 Å². The van der Waals surface area contributed by atoms with Crippen molar-refractivity contribution in [1.82, 2.24) is 0 Å². The van der Waals surface area contributed by atoms with Crippen molar-refractivity contribution in [2.45, 2.75) is 32.2 Å². The molecule has 1 nitrogen and oxygen atoms in total. The Hall–Kier alpha value is -0.210. The number of hydrogen-bond donors (Lipinski definition) is 1. The zero-order valence-electron chi connectivity index (χ0n) is 8.76. The van der Waals surface area contributed by atoms with Gasteiger partial charge in [0.1, 0.15) is 0 Å². The van der Waals surface area contributed by atoms with Crippen molar-refractivity contribution in [3.05, 3.63) is 27.7 Å². The molecule has 15 heavy (non-hydrogen) atoms. The molecule has 0 bridgehead atoms. The number of rotatable bonds is 2. The highest BCUT2D eigenvalue weighted by atomic mass is 79.9. The monoisotopic (exact) mass is 287 g/mol. The fourth-order valence-electron chi connectivity index (χ4n) is 2.16. The minimum Gasteiger partial charge on any atom is -0.382 e. The van der Waals surface area contributed by atoms with E-state index < -0.39 is 0 Å². The summed E-state index contributed by atoms with van der Waals surface area (Å²) in [4.78, 5) is 0. The van der Waals surface area contributed by atoms with Crippen LogP contribution in [0.1, 0.15) is 26.2 Å². The number of halogens is 2. The summed E-state index contributed by atoms with van der Waals surface area (Å²) >= 11 is 9.39. The van der Waals surface area contributed by atoms with Crippen LogP contribution in [-0.2, 0) is 0 Å². The van der Waals surface area contributed by atoms with Gasteiger partial charge >= 0.3 is 0 Å². The quantitative estimate of drug-likeness (QED) is 0.831. The summed E-state index contributed by atoms with van der Waals surface area (Å²) in [5.74, 6) is 0.777. The largest absolute Gasteiger partial charge is 0.382 e. The topological polar surface area (TPSA) is 12.0 Å². The van der Waals surface area contributed by atoms with Crippen molar-refractivity contribution in [2.24, 2.45) is 5.92 Å². The van der Waals surface area contributed by atoms with E-state index in [4.69, 9.17) is 11.6 Å². The van der Waals surface area contributed by atoms with Gasteiger partial charge in [-0.2, -0.15) is 0 Å². The van der Waals surface area contributed by atoms with E-state index >= 15 is 0 Å². The van der Waals surface area contributed by atoms with Crippen LogP contribution in [0.4, 0.5) is 5.69 Å². The summed E-state index contributed by atoms with van der Waals surface area (Å²) in [6, 6.07) is 6.64. The lowest BCUT2D eigenvalue weighted by molar-refractivity contribution is 0.556. The van der Waals surface area contributed by atoms with Crippen molar-refractivity contribution in [2.75, 3.05) is 5.32 Å². The third kappa shape index (κ3) is 2.67. The zero-order valence-corrected chi connectivity index (χ0v) is 11.1. The van der Waals surface area contributed by atoms with Crippen molar-refractivity contribution in [1.29, 1.82) is 0 Å². The molecule has 2 unspecified atom stereocenters. The smallest absolute Gasteiger partial charge is 0.0549 e. The molecule has 0 amide bonds. The van der Waals surface area contributed by atoms with Crippen LogP contribution in [0.3, 0.4) is 0 Å². The second-order valence-corrected chi connectivity index (χ2v) is 5.55. The Kier molecular flexibility index (Phi) is 3.57. The summed E-state index contributed by atoms with van der Waals surface area (Å²) in [5, 5.41) is 4.33. The van der Waals surface area contributed by atoms with Gasteiger partial charge in [0.15, 0.2) is 0 Å². The Bertz CT molecular complexity index is 353. The van der Waals surface area contributed by atoms with E-state index in [-0.39, 0.29) is 0 Å². The molecule has 0 aliphatic heterocycles. The maximum absolute atomic E-state index is 5.95. The van der Waals surface area contributed by atoms with Crippen LogP contribution < -0.4 is 5.32 Å². The molecule has 1 saturated carbocycles. The van der Waals surface area contributed by atoms with Crippen LogP contribution >= 0.6 is 27.5 Å². The Morgan fingerprint density at radius 2 is 2.20 bits per heavy atom. The first-order valence-electron chi connectivity index (χ1n) is 5.38. The first kappa shape index (κ1) is 11.3. The van der Waals surface area contributed by atoms with Gasteiger partial charge in [0.25, 0.3) is 0 Å². The van der Waals surface area contributed by atoms with Crippen molar-refractivity contribution >= 4 is 33.2 Å². The highest BCUT2D eigenvalue weighted by Gasteiger charge is 2.22. The van der Waals surface area contributed by atoms with Crippen LogP contribution in [0.2, 0.25) is 5.02 Å². The summed E-state index contributed by atoms with van der Waals surface area (Å²) in [5.41, 5.74) is 1.16. The predicted molar refractivity (Wildman–Crippen MR) is 69.6 cm³/mol. The van der Waals surface area contributed by atoms with Crippen molar-refractivity contribution in [3.8, 4) is 0 Å². The van der Waals surface area contributed by atoms with Gasteiger partial charge in [0.05, 0.1) is 5.02 Å². The van der Waals surface area contributed by atoms with Crippen LogP contribution in [0.15, 0.2) is 22.7 Å². The van der Waals surface area contributed by atoms with E-state index in [1.54, 1.807) is 0 Å². The number of benzene rings is 1. The molecule has 0 spiro atoms. The van der Waals surface area contributed by atoms with Gasteiger partial charge in [-0.15, -0.1) is 0 Å². The Labute approximate surface area is 104 Å². The zero-order chi connectivity index (χ0) is 10.8. The second kappa shape index (κ2) is 4.75. The fourth-order valence-corrected chi connectivity index (χ4v) is 2.66. The molecule has 2 rings (SSSR count). The van der Waals surface area contributed by atoms with Gasteiger partial charge in [-0.25, -0.2) is 0 Å². The molecule has 1 aliphatic carbocycles. The lowest BCUT2D eigenvalue weighted by atomic mass is 10.1. The molecule has 1 aromatic rings. The van der Waals surface area contributed by atoms with Gasteiger partial charge in [-0.3, -0.25) is 0 Å². The summed E-state index contributed by atoms with van der Waals surface area (Å²) in [7, 11) is 0. The SMILES string of the molecule is CC1CCCC1Nc1ccc(Cl)c(Br)c1. The van der Waals surface area contributed by atoms with E-state index in [0.29, 0.717) is 6.04 Å². The Morgan fingerprint density at radius 1 is 1.40 bits per heavy atom. The maximum atomic E-state index is 5.95.